The largest absolute Gasteiger partial charge is 0.494 e. The van der Waals surface area contributed by atoms with Crippen LogP contribution in [-0.2, 0) is 6.54 Å². The van der Waals surface area contributed by atoms with E-state index in [1.807, 2.05) is 24.3 Å². The Labute approximate surface area is 137 Å². The highest BCUT2D eigenvalue weighted by atomic mass is 79.9. The lowest BCUT2D eigenvalue weighted by molar-refractivity contribution is 0.0995. The fraction of sp³-hybridized carbons (Fsp3) is 0.333. The van der Waals surface area contributed by atoms with Crippen molar-refractivity contribution < 1.29 is 14.6 Å². The number of nitrogens with zero attached hydrogens (tertiary/aromatic N) is 2. The molecule has 0 unspecified atom stereocenters. The lowest BCUT2D eigenvalue weighted by Gasteiger charge is -2.11. The van der Waals surface area contributed by atoms with Gasteiger partial charge in [-0.2, -0.15) is 0 Å². The number of rotatable bonds is 8. The molecule has 1 amide bonds. The van der Waals surface area contributed by atoms with Crippen molar-refractivity contribution in [2.45, 2.75) is 25.5 Å². The molecular formula is C15H18BrN3O3. The molecule has 0 saturated heterocycles. The normalized spacial score (nSPS) is 12.1. The predicted molar refractivity (Wildman–Crippen MR) is 85.6 cm³/mol. The lowest BCUT2D eigenvalue weighted by atomic mass is 10.2. The van der Waals surface area contributed by atoms with Gasteiger partial charge in [0.2, 0.25) is 0 Å². The number of imidazole rings is 1. The summed E-state index contributed by atoms with van der Waals surface area (Å²) in [5.74, 6) is 0.222. The predicted octanol–water partition coefficient (Wildman–Crippen LogP) is 1.96. The van der Waals surface area contributed by atoms with Crippen molar-refractivity contribution in [3.63, 3.8) is 0 Å². The molecule has 2 rings (SSSR count). The van der Waals surface area contributed by atoms with E-state index in [2.05, 4.69) is 20.9 Å². The first kappa shape index (κ1) is 16.5. The van der Waals surface area contributed by atoms with Gasteiger partial charge < -0.3 is 20.1 Å². The SMILES string of the molecule is NC(=O)c1cn(C[C@@H](O)CCCOc2cccc(Br)c2)cn1. The van der Waals surface area contributed by atoms with Crippen LogP contribution in [0.4, 0.5) is 0 Å². The minimum atomic E-state index is -0.573. The summed E-state index contributed by atoms with van der Waals surface area (Å²) in [6.45, 7) is 0.904. The number of hydrogen-bond donors (Lipinski definition) is 2. The maximum absolute atomic E-state index is 10.9. The van der Waals surface area contributed by atoms with Crippen LogP contribution < -0.4 is 10.5 Å². The van der Waals surface area contributed by atoms with Crippen molar-refractivity contribution in [3.05, 3.63) is 47.0 Å². The molecule has 3 N–H and O–H groups in total. The zero-order chi connectivity index (χ0) is 15.9. The van der Waals surface area contributed by atoms with Crippen molar-refractivity contribution >= 4 is 21.8 Å². The van der Waals surface area contributed by atoms with Crippen LogP contribution in [0.15, 0.2) is 41.3 Å². The smallest absolute Gasteiger partial charge is 0.268 e. The minimum absolute atomic E-state index is 0.199. The quantitative estimate of drug-likeness (QED) is 0.697. The van der Waals surface area contributed by atoms with Crippen LogP contribution in [0.1, 0.15) is 23.3 Å². The Bertz CT molecular complexity index is 630. The van der Waals surface area contributed by atoms with E-state index in [1.54, 1.807) is 4.57 Å². The summed E-state index contributed by atoms with van der Waals surface area (Å²) in [4.78, 5) is 14.8. The number of hydrogen-bond acceptors (Lipinski definition) is 4. The van der Waals surface area contributed by atoms with Gasteiger partial charge in [-0.05, 0) is 31.0 Å². The van der Waals surface area contributed by atoms with Gasteiger partial charge in [0.05, 0.1) is 19.0 Å². The Morgan fingerprint density at radius 1 is 1.50 bits per heavy atom. The number of aliphatic hydroxyl groups is 1. The van der Waals surface area contributed by atoms with Gasteiger partial charge in [0.1, 0.15) is 11.4 Å². The molecule has 0 saturated carbocycles. The molecule has 1 aromatic carbocycles. The molecule has 1 heterocycles. The van der Waals surface area contributed by atoms with E-state index in [0.717, 1.165) is 16.6 Å². The van der Waals surface area contributed by atoms with E-state index in [1.165, 1.54) is 12.5 Å². The van der Waals surface area contributed by atoms with Crippen molar-refractivity contribution in [2.75, 3.05) is 6.61 Å². The molecular weight excluding hydrogens is 350 g/mol. The summed E-state index contributed by atoms with van der Waals surface area (Å²) in [5, 5.41) is 9.96. The van der Waals surface area contributed by atoms with Gasteiger partial charge in [-0.25, -0.2) is 4.98 Å². The molecule has 0 aliphatic rings. The Balaban J connectivity index is 1.69. The van der Waals surface area contributed by atoms with Crippen molar-refractivity contribution in [2.24, 2.45) is 5.73 Å². The first-order chi connectivity index (χ1) is 10.5. The van der Waals surface area contributed by atoms with Gasteiger partial charge in [0.15, 0.2) is 0 Å². The Hall–Kier alpha value is -1.86. The maximum atomic E-state index is 10.9. The Kier molecular flexibility index (Phi) is 5.97. The molecule has 1 atom stereocenters. The van der Waals surface area contributed by atoms with E-state index < -0.39 is 12.0 Å². The van der Waals surface area contributed by atoms with Crippen LogP contribution in [0.2, 0.25) is 0 Å². The zero-order valence-corrected chi connectivity index (χ0v) is 13.6. The number of aliphatic hydroxyl groups excluding tert-OH is 1. The lowest BCUT2D eigenvalue weighted by Crippen LogP contribution is -2.16. The number of ether oxygens (including phenoxy) is 1. The number of primary amides is 1. The first-order valence-electron chi connectivity index (χ1n) is 6.92. The second-order valence-electron chi connectivity index (χ2n) is 4.92. The number of amides is 1. The van der Waals surface area contributed by atoms with Crippen molar-refractivity contribution in [1.82, 2.24) is 9.55 Å². The van der Waals surface area contributed by atoms with Gasteiger partial charge >= 0.3 is 0 Å². The van der Waals surface area contributed by atoms with Gasteiger partial charge in [0, 0.05) is 17.2 Å². The molecule has 6 nitrogen and oxygen atoms in total. The van der Waals surface area contributed by atoms with Gasteiger partial charge in [-0.1, -0.05) is 22.0 Å². The monoisotopic (exact) mass is 367 g/mol. The number of aromatic nitrogens is 2. The fourth-order valence-corrected chi connectivity index (χ4v) is 2.37. The molecule has 0 aliphatic heterocycles. The highest BCUT2D eigenvalue weighted by Gasteiger charge is 2.09. The Morgan fingerprint density at radius 2 is 2.32 bits per heavy atom. The fourth-order valence-electron chi connectivity index (χ4n) is 1.99. The number of nitrogens with two attached hydrogens (primary N) is 1. The van der Waals surface area contributed by atoms with Crippen molar-refractivity contribution in [3.8, 4) is 5.75 Å². The summed E-state index contributed by atoms with van der Waals surface area (Å²) < 4.78 is 8.22. The van der Waals surface area contributed by atoms with Crippen LogP contribution in [0.5, 0.6) is 5.75 Å². The molecule has 0 spiro atoms. The highest BCUT2D eigenvalue weighted by Crippen LogP contribution is 2.18. The summed E-state index contributed by atoms with van der Waals surface area (Å²) >= 11 is 3.38. The minimum Gasteiger partial charge on any atom is -0.494 e. The number of benzene rings is 1. The molecule has 0 bridgehead atoms. The van der Waals surface area contributed by atoms with Gasteiger partial charge in [0.25, 0.3) is 5.91 Å². The molecule has 0 aliphatic carbocycles. The zero-order valence-electron chi connectivity index (χ0n) is 12.0. The third-order valence-electron chi connectivity index (χ3n) is 3.05. The molecule has 2 aromatic rings. The van der Waals surface area contributed by atoms with Crippen LogP contribution in [0.25, 0.3) is 0 Å². The standard InChI is InChI=1S/C15H18BrN3O3/c16-11-3-1-5-13(7-11)22-6-2-4-12(20)8-19-9-14(15(17)21)18-10-19/h1,3,5,7,9-10,12,20H,2,4,6,8H2,(H2,17,21)/t12-/m0/s1. The van der Waals surface area contributed by atoms with Crippen LogP contribution in [-0.4, -0.2) is 33.3 Å². The average Bonchev–Trinajstić information content (AvgIpc) is 2.92. The van der Waals surface area contributed by atoms with Gasteiger partial charge in [-0.15, -0.1) is 0 Å². The van der Waals surface area contributed by atoms with E-state index in [-0.39, 0.29) is 5.69 Å². The molecule has 22 heavy (non-hydrogen) atoms. The molecule has 1 aromatic heterocycles. The number of carbonyl (C=O) groups is 1. The van der Waals surface area contributed by atoms with Gasteiger partial charge in [-0.3, -0.25) is 4.79 Å². The number of halogens is 1. The topological polar surface area (TPSA) is 90.4 Å². The summed E-state index contributed by atoms with van der Waals surface area (Å²) in [6, 6.07) is 7.62. The second-order valence-corrected chi connectivity index (χ2v) is 5.84. The van der Waals surface area contributed by atoms with E-state index in [9.17, 15) is 9.90 Å². The van der Waals surface area contributed by atoms with Crippen LogP contribution >= 0.6 is 15.9 Å². The highest BCUT2D eigenvalue weighted by molar-refractivity contribution is 9.10. The van der Waals surface area contributed by atoms with E-state index >= 15 is 0 Å². The van der Waals surface area contributed by atoms with Crippen molar-refractivity contribution in [1.29, 1.82) is 0 Å². The van der Waals surface area contributed by atoms with E-state index in [0.29, 0.717) is 19.6 Å². The molecule has 0 radical (unpaired) electrons. The number of carbonyl (C=O) groups excluding carboxylic acids is 1. The molecule has 0 fully saturated rings. The Morgan fingerprint density at radius 3 is 3.00 bits per heavy atom. The molecule has 118 valence electrons. The average molecular weight is 368 g/mol. The van der Waals surface area contributed by atoms with E-state index in [4.69, 9.17) is 10.5 Å². The third-order valence-corrected chi connectivity index (χ3v) is 3.55. The maximum Gasteiger partial charge on any atom is 0.268 e. The summed E-state index contributed by atoms with van der Waals surface area (Å²) in [7, 11) is 0. The first-order valence-corrected chi connectivity index (χ1v) is 7.72. The third kappa shape index (κ3) is 5.16. The summed E-state index contributed by atoms with van der Waals surface area (Å²) in [6.07, 6.45) is 3.81. The second kappa shape index (κ2) is 7.95. The van der Waals surface area contributed by atoms with Crippen LogP contribution in [0, 0.1) is 0 Å². The molecule has 7 heteroatoms. The van der Waals surface area contributed by atoms with Crippen LogP contribution in [0.3, 0.4) is 0 Å². The summed E-state index contributed by atoms with van der Waals surface area (Å²) in [5.41, 5.74) is 5.32.